The first-order valence-electron chi connectivity index (χ1n) is 6.78. The number of Topliss-reactive ketones (excluding diaryl/α,β-unsaturated/α-hetero) is 1. The van der Waals surface area contributed by atoms with Crippen LogP contribution in [0.1, 0.15) is 38.5 Å². The number of aliphatic hydroxyl groups is 2. The largest absolute Gasteiger partial charge is 0.394 e. The lowest BCUT2D eigenvalue weighted by Gasteiger charge is -2.39. The molecule has 1 heterocycles. The van der Waals surface area contributed by atoms with E-state index in [4.69, 9.17) is 5.11 Å². The fraction of sp³-hybridized carbons (Fsp3) is 0.923. The van der Waals surface area contributed by atoms with Gasteiger partial charge in [0.25, 0.3) is 0 Å². The van der Waals surface area contributed by atoms with Crippen molar-refractivity contribution in [3.63, 3.8) is 0 Å². The molecule has 0 aromatic heterocycles. The summed E-state index contributed by atoms with van der Waals surface area (Å²) >= 11 is 0. The molecule has 0 radical (unpaired) electrons. The summed E-state index contributed by atoms with van der Waals surface area (Å²) in [5.74, 6) is 0.585. The summed E-state index contributed by atoms with van der Waals surface area (Å²) in [5, 5.41) is 18.5. The van der Waals surface area contributed by atoms with Crippen LogP contribution in [0.5, 0.6) is 0 Å². The number of β-amino-alcohol motifs (C(OH)–C–C–N with tert-alkyl or cyclic N) is 1. The molecule has 98 valence electrons. The van der Waals surface area contributed by atoms with Crippen LogP contribution in [0.25, 0.3) is 0 Å². The Bertz CT molecular complexity index is 269. The van der Waals surface area contributed by atoms with Crippen molar-refractivity contribution in [3.8, 4) is 0 Å². The van der Waals surface area contributed by atoms with E-state index in [1.165, 1.54) is 6.42 Å². The molecule has 2 fully saturated rings. The second-order valence-electron chi connectivity index (χ2n) is 5.36. The SMILES string of the molecule is O=C1CCCC1C1CCCCN1CC(O)CO. The second-order valence-corrected chi connectivity index (χ2v) is 5.36. The van der Waals surface area contributed by atoms with E-state index in [1.807, 2.05) is 0 Å². The van der Waals surface area contributed by atoms with Crippen LogP contribution in [-0.2, 0) is 4.79 Å². The fourth-order valence-electron chi connectivity index (χ4n) is 3.28. The fourth-order valence-corrected chi connectivity index (χ4v) is 3.28. The van der Waals surface area contributed by atoms with E-state index in [0.717, 1.165) is 38.6 Å². The summed E-state index contributed by atoms with van der Waals surface area (Å²) in [7, 11) is 0. The molecule has 0 spiro atoms. The van der Waals surface area contributed by atoms with Crippen molar-refractivity contribution in [1.29, 1.82) is 0 Å². The molecule has 0 aromatic rings. The zero-order valence-electron chi connectivity index (χ0n) is 10.3. The Morgan fingerprint density at radius 2 is 2.12 bits per heavy atom. The minimum absolute atomic E-state index is 0.182. The Kier molecular flexibility index (Phi) is 4.54. The highest BCUT2D eigenvalue weighted by atomic mass is 16.3. The van der Waals surface area contributed by atoms with Crippen LogP contribution in [0.4, 0.5) is 0 Å². The van der Waals surface area contributed by atoms with Crippen LogP contribution in [0.3, 0.4) is 0 Å². The van der Waals surface area contributed by atoms with E-state index in [0.29, 0.717) is 18.4 Å². The third-order valence-corrected chi connectivity index (χ3v) is 4.14. The zero-order valence-corrected chi connectivity index (χ0v) is 10.3. The van der Waals surface area contributed by atoms with Crippen LogP contribution < -0.4 is 0 Å². The average molecular weight is 241 g/mol. The molecule has 0 amide bonds. The average Bonchev–Trinajstić information content (AvgIpc) is 2.76. The van der Waals surface area contributed by atoms with Gasteiger partial charge in [0.2, 0.25) is 0 Å². The highest BCUT2D eigenvalue weighted by molar-refractivity contribution is 5.83. The standard InChI is InChI=1S/C13H23NO3/c15-9-10(16)8-14-7-2-1-5-12(14)11-4-3-6-13(11)17/h10-12,15-16H,1-9H2. The lowest BCUT2D eigenvalue weighted by atomic mass is 9.88. The van der Waals surface area contributed by atoms with Gasteiger partial charge in [-0.2, -0.15) is 0 Å². The number of carbonyl (C=O) groups is 1. The van der Waals surface area contributed by atoms with Crippen LogP contribution in [-0.4, -0.2) is 52.7 Å². The minimum Gasteiger partial charge on any atom is -0.394 e. The van der Waals surface area contributed by atoms with Gasteiger partial charge in [0.15, 0.2) is 0 Å². The topological polar surface area (TPSA) is 60.8 Å². The van der Waals surface area contributed by atoms with Crippen molar-refractivity contribution in [2.24, 2.45) is 5.92 Å². The predicted molar refractivity (Wildman–Crippen MR) is 64.7 cm³/mol. The van der Waals surface area contributed by atoms with Crippen LogP contribution in [0, 0.1) is 5.92 Å². The summed E-state index contributed by atoms with van der Waals surface area (Å²) in [5.41, 5.74) is 0. The van der Waals surface area contributed by atoms with Gasteiger partial charge in [-0.3, -0.25) is 9.69 Å². The molecule has 3 unspecified atom stereocenters. The van der Waals surface area contributed by atoms with E-state index in [9.17, 15) is 9.90 Å². The van der Waals surface area contributed by atoms with Crippen LogP contribution in [0.15, 0.2) is 0 Å². The normalized spacial score (nSPS) is 32.9. The quantitative estimate of drug-likeness (QED) is 0.755. The van der Waals surface area contributed by atoms with E-state index in [1.54, 1.807) is 0 Å². The predicted octanol–water partition coefficient (Wildman–Crippen LogP) is 0.563. The summed E-state index contributed by atoms with van der Waals surface area (Å²) in [4.78, 5) is 14.1. The number of aliphatic hydroxyl groups excluding tert-OH is 2. The van der Waals surface area contributed by atoms with Crippen molar-refractivity contribution in [2.75, 3.05) is 19.7 Å². The lowest BCUT2D eigenvalue weighted by molar-refractivity contribution is -0.123. The zero-order chi connectivity index (χ0) is 12.3. The smallest absolute Gasteiger partial charge is 0.137 e. The van der Waals surface area contributed by atoms with Gasteiger partial charge in [0.05, 0.1) is 12.7 Å². The molecule has 2 aliphatic rings. The van der Waals surface area contributed by atoms with Gasteiger partial charge in [0.1, 0.15) is 5.78 Å². The molecule has 2 rings (SSSR count). The Balaban J connectivity index is 1.98. The number of nitrogens with zero attached hydrogens (tertiary/aromatic N) is 1. The van der Waals surface area contributed by atoms with E-state index < -0.39 is 6.10 Å². The number of piperidine rings is 1. The second kappa shape index (κ2) is 5.94. The van der Waals surface area contributed by atoms with E-state index in [2.05, 4.69) is 4.90 Å². The van der Waals surface area contributed by atoms with Crippen LogP contribution in [0.2, 0.25) is 0 Å². The highest BCUT2D eigenvalue weighted by Gasteiger charge is 2.37. The van der Waals surface area contributed by atoms with Gasteiger partial charge in [-0.05, 0) is 32.2 Å². The van der Waals surface area contributed by atoms with Gasteiger partial charge in [-0.15, -0.1) is 0 Å². The van der Waals surface area contributed by atoms with Gasteiger partial charge in [0, 0.05) is 24.9 Å². The maximum Gasteiger partial charge on any atom is 0.137 e. The molecule has 0 aromatic carbocycles. The molecule has 1 saturated carbocycles. The van der Waals surface area contributed by atoms with Gasteiger partial charge in [-0.25, -0.2) is 0 Å². The number of rotatable bonds is 4. The van der Waals surface area contributed by atoms with Crippen molar-refractivity contribution < 1.29 is 15.0 Å². The number of hydrogen-bond donors (Lipinski definition) is 2. The lowest BCUT2D eigenvalue weighted by Crippen LogP contribution is -2.48. The molecular weight excluding hydrogens is 218 g/mol. The van der Waals surface area contributed by atoms with Crippen molar-refractivity contribution in [2.45, 2.75) is 50.7 Å². The van der Waals surface area contributed by atoms with Crippen molar-refractivity contribution in [3.05, 3.63) is 0 Å². The van der Waals surface area contributed by atoms with Crippen molar-refractivity contribution in [1.82, 2.24) is 4.90 Å². The molecule has 3 atom stereocenters. The van der Waals surface area contributed by atoms with E-state index in [-0.39, 0.29) is 12.5 Å². The number of ketones is 1. The van der Waals surface area contributed by atoms with Gasteiger partial charge in [-0.1, -0.05) is 6.42 Å². The van der Waals surface area contributed by atoms with Crippen molar-refractivity contribution >= 4 is 5.78 Å². The molecule has 1 saturated heterocycles. The molecule has 2 N–H and O–H groups in total. The van der Waals surface area contributed by atoms with Gasteiger partial charge >= 0.3 is 0 Å². The Morgan fingerprint density at radius 1 is 1.29 bits per heavy atom. The highest BCUT2D eigenvalue weighted by Crippen LogP contribution is 2.32. The van der Waals surface area contributed by atoms with Gasteiger partial charge < -0.3 is 10.2 Å². The molecular formula is C13H23NO3. The van der Waals surface area contributed by atoms with Crippen LogP contribution >= 0.6 is 0 Å². The Hall–Kier alpha value is -0.450. The maximum atomic E-state index is 11.8. The molecule has 1 aliphatic carbocycles. The number of carbonyl (C=O) groups excluding carboxylic acids is 1. The first kappa shape index (κ1) is 13.0. The summed E-state index contributed by atoms with van der Waals surface area (Å²) in [6.45, 7) is 1.26. The first-order valence-corrected chi connectivity index (χ1v) is 6.78. The summed E-state index contributed by atoms with van der Waals surface area (Å²) in [6.07, 6.45) is 5.47. The molecule has 4 heteroatoms. The molecule has 17 heavy (non-hydrogen) atoms. The Morgan fingerprint density at radius 3 is 2.76 bits per heavy atom. The number of hydrogen-bond acceptors (Lipinski definition) is 4. The maximum absolute atomic E-state index is 11.8. The van der Waals surface area contributed by atoms with E-state index >= 15 is 0 Å². The molecule has 4 nitrogen and oxygen atoms in total. The molecule has 0 bridgehead atoms. The summed E-state index contributed by atoms with van der Waals surface area (Å²) in [6, 6.07) is 0.306. The molecule has 1 aliphatic heterocycles. The first-order chi connectivity index (χ1) is 8.22. The third-order valence-electron chi connectivity index (χ3n) is 4.14. The minimum atomic E-state index is -0.674. The summed E-state index contributed by atoms with van der Waals surface area (Å²) < 4.78 is 0. The monoisotopic (exact) mass is 241 g/mol. The number of likely N-dealkylation sites (tertiary alicyclic amines) is 1. The third kappa shape index (κ3) is 3.06. The Labute approximate surface area is 103 Å².